The van der Waals surface area contributed by atoms with Gasteiger partial charge in [0.15, 0.2) is 16.7 Å². The summed E-state index contributed by atoms with van der Waals surface area (Å²) >= 11 is 7.03. The number of ether oxygens (including phenoxy) is 2. The largest absolute Gasteiger partial charge is 0.490 e. The first-order valence-corrected chi connectivity index (χ1v) is 12.9. The second-order valence-electron chi connectivity index (χ2n) is 6.97. The number of amidine groups is 1. The fourth-order valence-corrected chi connectivity index (χ4v) is 5.08. The molecule has 4 rings (SSSR count). The van der Waals surface area contributed by atoms with E-state index in [1.54, 1.807) is 0 Å². The van der Waals surface area contributed by atoms with Crippen molar-refractivity contribution in [2.24, 2.45) is 4.99 Å². The van der Waals surface area contributed by atoms with E-state index in [4.69, 9.17) is 9.47 Å². The lowest BCUT2D eigenvalue weighted by atomic mass is 10.2. The van der Waals surface area contributed by atoms with Crippen LogP contribution < -0.4 is 14.8 Å². The number of halogens is 2. The lowest BCUT2D eigenvalue weighted by Gasteiger charge is -2.15. The van der Waals surface area contributed by atoms with E-state index in [2.05, 4.69) is 48.8 Å². The second kappa shape index (κ2) is 11.2. The van der Waals surface area contributed by atoms with E-state index in [1.165, 1.54) is 11.8 Å². The number of thioether (sulfide) groups is 1. The molecule has 0 unspecified atom stereocenters. The molecule has 3 aromatic rings. The average Bonchev–Trinajstić information content (AvgIpc) is 3.14. The van der Waals surface area contributed by atoms with Gasteiger partial charge < -0.3 is 14.8 Å². The zero-order chi connectivity index (χ0) is 23.2. The van der Waals surface area contributed by atoms with Gasteiger partial charge in [0, 0.05) is 4.47 Å². The molecule has 0 aromatic heterocycles. The van der Waals surface area contributed by atoms with Crippen LogP contribution in [-0.4, -0.2) is 17.7 Å². The Hall–Kier alpha value is -2.30. The Balaban J connectivity index is 1.57. The van der Waals surface area contributed by atoms with Gasteiger partial charge in [-0.3, -0.25) is 4.79 Å². The molecule has 1 N–H and O–H groups in total. The molecule has 1 fully saturated rings. The van der Waals surface area contributed by atoms with Gasteiger partial charge in [-0.15, -0.1) is 0 Å². The van der Waals surface area contributed by atoms with Crippen LogP contribution in [-0.2, 0) is 11.4 Å². The van der Waals surface area contributed by atoms with Gasteiger partial charge in [0.2, 0.25) is 0 Å². The Kier molecular flexibility index (Phi) is 8.11. The van der Waals surface area contributed by atoms with Gasteiger partial charge in [-0.05, 0) is 98.7 Å². The Morgan fingerprint density at radius 3 is 2.61 bits per heavy atom. The predicted octanol–water partition coefficient (Wildman–Crippen LogP) is 6.92. The number of benzene rings is 3. The van der Waals surface area contributed by atoms with Crippen molar-refractivity contribution in [3.63, 3.8) is 0 Å². The first-order valence-electron chi connectivity index (χ1n) is 10.2. The van der Waals surface area contributed by atoms with E-state index in [9.17, 15) is 4.79 Å². The molecule has 1 saturated heterocycles. The van der Waals surface area contributed by atoms with Gasteiger partial charge in [-0.2, -0.15) is 0 Å². The summed E-state index contributed by atoms with van der Waals surface area (Å²) in [7, 11) is 0. The van der Waals surface area contributed by atoms with Crippen LogP contribution in [0.15, 0.2) is 81.1 Å². The predicted molar refractivity (Wildman–Crippen MR) is 146 cm³/mol. The first-order chi connectivity index (χ1) is 16.0. The molecule has 1 heterocycles. The summed E-state index contributed by atoms with van der Waals surface area (Å²) in [6, 6.07) is 21.5. The molecule has 3 aromatic carbocycles. The number of hydrogen-bond donors (Lipinski definition) is 1. The minimum atomic E-state index is -0.178. The summed E-state index contributed by atoms with van der Waals surface area (Å²) in [4.78, 5) is 17.6. The van der Waals surface area contributed by atoms with Crippen molar-refractivity contribution in [3.05, 3.63) is 90.8 Å². The van der Waals surface area contributed by atoms with Crippen molar-refractivity contribution in [2.75, 3.05) is 6.61 Å². The van der Waals surface area contributed by atoms with Crippen molar-refractivity contribution >= 4 is 73.1 Å². The molecule has 5 nitrogen and oxygen atoms in total. The van der Waals surface area contributed by atoms with Gasteiger partial charge in [0.1, 0.15) is 6.61 Å². The number of carbonyl (C=O) groups is 1. The molecular weight excluding hydrogens is 615 g/mol. The number of aliphatic imine (C=N–C) groups is 1. The Bertz CT molecular complexity index is 1230. The van der Waals surface area contributed by atoms with Gasteiger partial charge in [0.25, 0.3) is 5.91 Å². The number of hydrogen-bond acceptors (Lipinski definition) is 5. The minimum absolute atomic E-state index is 0.178. The summed E-state index contributed by atoms with van der Waals surface area (Å²) in [5.74, 6) is 1.17. The van der Waals surface area contributed by atoms with Gasteiger partial charge in [-0.1, -0.05) is 42.5 Å². The van der Waals surface area contributed by atoms with Crippen LogP contribution in [0.5, 0.6) is 11.5 Å². The van der Waals surface area contributed by atoms with E-state index in [-0.39, 0.29) is 5.91 Å². The van der Waals surface area contributed by atoms with Crippen LogP contribution in [0.25, 0.3) is 6.08 Å². The Morgan fingerprint density at radius 2 is 1.85 bits per heavy atom. The van der Waals surface area contributed by atoms with Crippen molar-refractivity contribution in [1.82, 2.24) is 5.32 Å². The third-order valence-corrected chi connectivity index (χ3v) is 6.96. The van der Waals surface area contributed by atoms with Crippen molar-refractivity contribution in [3.8, 4) is 11.5 Å². The van der Waals surface area contributed by atoms with Crippen LogP contribution >= 0.6 is 50.3 Å². The summed E-state index contributed by atoms with van der Waals surface area (Å²) in [5.41, 5.74) is 2.70. The first kappa shape index (κ1) is 23.8. The fourth-order valence-electron chi connectivity index (χ4n) is 3.09. The van der Waals surface area contributed by atoms with Crippen LogP contribution in [0.4, 0.5) is 5.69 Å². The molecule has 8 heteroatoms. The molecule has 0 bridgehead atoms. The number of para-hydroxylation sites is 1. The standard InChI is InChI=1S/C25H20BrIN2O3S/c1-2-31-21-13-17(12-19(27)23(21)32-15-16-8-4-3-5-9-16)14-22-24(30)29-25(33-22)28-20-11-7-6-10-18(20)26/h3-14H,2,15H2,1H3,(H,28,29,30)/b22-14+. The van der Waals surface area contributed by atoms with Crippen molar-refractivity contribution in [2.45, 2.75) is 13.5 Å². The average molecular weight is 635 g/mol. The number of amides is 1. The maximum atomic E-state index is 12.5. The smallest absolute Gasteiger partial charge is 0.264 e. The number of carbonyl (C=O) groups excluding carboxylic acids is 1. The molecule has 1 aliphatic rings. The van der Waals surface area contributed by atoms with Crippen molar-refractivity contribution in [1.29, 1.82) is 0 Å². The van der Waals surface area contributed by atoms with Crippen LogP contribution in [0.2, 0.25) is 0 Å². The van der Waals surface area contributed by atoms with Crippen LogP contribution in [0, 0.1) is 3.57 Å². The Labute approximate surface area is 218 Å². The van der Waals surface area contributed by atoms with Crippen molar-refractivity contribution < 1.29 is 14.3 Å². The molecule has 0 spiro atoms. The number of rotatable bonds is 7. The van der Waals surface area contributed by atoms with E-state index >= 15 is 0 Å². The van der Waals surface area contributed by atoms with Gasteiger partial charge >= 0.3 is 0 Å². The molecule has 0 aliphatic carbocycles. The van der Waals surface area contributed by atoms with Crippen LogP contribution in [0.3, 0.4) is 0 Å². The highest BCUT2D eigenvalue weighted by atomic mass is 127. The van der Waals surface area contributed by atoms with Gasteiger partial charge in [-0.25, -0.2) is 4.99 Å². The highest BCUT2D eigenvalue weighted by Crippen LogP contribution is 2.37. The van der Waals surface area contributed by atoms with E-state index in [1.807, 2.05) is 79.7 Å². The lowest BCUT2D eigenvalue weighted by Crippen LogP contribution is -2.19. The monoisotopic (exact) mass is 634 g/mol. The maximum Gasteiger partial charge on any atom is 0.264 e. The number of nitrogens with one attached hydrogen (secondary N) is 1. The molecule has 0 radical (unpaired) electrons. The SMILES string of the molecule is CCOc1cc(/C=C2/SC(=Nc3ccccc3Br)NC2=O)cc(I)c1OCc1ccccc1. The molecule has 33 heavy (non-hydrogen) atoms. The normalized spacial score (nSPS) is 15.7. The fraction of sp³-hybridized carbons (Fsp3) is 0.120. The highest BCUT2D eigenvalue weighted by molar-refractivity contribution is 14.1. The summed E-state index contributed by atoms with van der Waals surface area (Å²) < 4.78 is 13.7. The van der Waals surface area contributed by atoms with E-state index in [0.29, 0.717) is 34.8 Å². The lowest BCUT2D eigenvalue weighted by molar-refractivity contribution is -0.115. The maximum absolute atomic E-state index is 12.5. The zero-order valence-electron chi connectivity index (χ0n) is 17.7. The molecular formula is C25H20BrIN2O3S. The summed E-state index contributed by atoms with van der Waals surface area (Å²) in [5, 5.41) is 3.37. The third kappa shape index (κ3) is 6.18. The summed E-state index contributed by atoms with van der Waals surface area (Å²) in [6.07, 6.45) is 1.84. The molecule has 0 saturated carbocycles. The summed E-state index contributed by atoms with van der Waals surface area (Å²) in [6.45, 7) is 2.89. The Morgan fingerprint density at radius 1 is 1.09 bits per heavy atom. The topological polar surface area (TPSA) is 59.9 Å². The number of nitrogens with zero attached hydrogens (tertiary/aromatic N) is 1. The zero-order valence-corrected chi connectivity index (χ0v) is 22.2. The minimum Gasteiger partial charge on any atom is -0.490 e. The molecule has 1 amide bonds. The molecule has 0 atom stereocenters. The molecule has 168 valence electrons. The highest BCUT2D eigenvalue weighted by Gasteiger charge is 2.24. The quantitative estimate of drug-likeness (QED) is 0.226. The third-order valence-electron chi connectivity index (χ3n) is 4.58. The van der Waals surface area contributed by atoms with Crippen LogP contribution in [0.1, 0.15) is 18.1 Å². The second-order valence-corrected chi connectivity index (χ2v) is 10.0. The van der Waals surface area contributed by atoms with E-state index < -0.39 is 0 Å². The van der Waals surface area contributed by atoms with Gasteiger partial charge in [0.05, 0.1) is 20.8 Å². The van der Waals surface area contributed by atoms with E-state index in [0.717, 1.165) is 24.9 Å². The molecule has 1 aliphatic heterocycles.